The van der Waals surface area contributed by atoms with Crippen LogP contribution in [0.3, 0.4) is 0 Å². The number of benzene rings is 2. The predicted molar refractivity (Wildman–Crippen MR) is 97.6 cm³/mol. The second kappa shape index (κ2) is 8.84. The molecule has 0 saturated heterocycles. The molecule has 1 atom stereocenters. The quantitative estimate of drug-likeness (QED) is 0.671. The molecule has 0 spiro atoms. The van der Waals surface area contributed by atoms with Gasteiger partial charge < -0.3 is 14.4 Å². The summed E-state index contributed by atoms with van der Waals surface area (Å²) in [5.41, 5.74) is 0.641. The Balaban J connectivity index is 1.78. The second-order valence-corrected chi connectivity index (χ2v) is 7.72. The maximum absolute atomic E-state index is 12.0. The highest BCUT2D eigenvalue weighted by Crippen LogP contribution is 2.13. The molecule has 1 unspecified atom stereocenters. The van der Waals surface area contributed by atoms with Crippen molar-refractivity contribution < 1.29 is 22.3 Å². The maximum atomic E-state index is 12.0. The zero-order chi connectivity index (χ0) is 18.3. The second-order valence-electron chi connectivity index (χ2n) is 5.60. The number of para-hydroxylation sites is 1. The van der Waals surface area contributed by atoms with Crippen LogP contribution in [0.15, 0.2) is 54.6 Å². The van der Waals surface area contributed by atoms with Gasteiger partial charge in [0.1, 0.15) is 11.5 Å². The van der Waals surface area contributed by atoms with E-state index < -0.39 is 10.1 Å². The highest BCUT2D eigenvalue weighted by Gasteiger charge is 2.18. The first-order valence-corrected chi connectivity index (χ1v) is 9.63. The van der Waals surface area contributed by atoms with Crippen LogP contribution in [0.1, 0.15) is 0 Å². The zero-order valence-electron chi connectivity index (χ0n) is 13.7. The maximum Gasteiger partial charge on any atom is 0.314 e. The summed E-state index contributed by atoms with van der Waals surface area (Å²) in [7, 11) is -1.95. The molecule has 0 aliphatic carbocycles. The third-order valence-corrected chi connectivity index (χ3v) is 4.74. The van der Waals surface area contributed by atoms with Gasteiger partial charge in [-0.05, 0) is 36.4 Å². The standard InChI is InChI=1S/C17H19ClN2O4S/c1-20(13-17(21)19-15-9-7-14(18)8-10-15)11-12-25(22,23)24-16-5-3-2-4-6-16/h2-10H,11-13H2,1H3,(H,19,21)/p+1. The lowest BCUT2D eigenvalue weighted by Crippen LogP contribution is -3.10. The summed E-state index contributed by atoms with van der Waals surface area (Å²) in [6, 6.07) is 15.1. The van der Waals surface area contributed by atoms with Crippen molar-refractivity contribution in [1.82, 2.24) is 0 Å². The van der Waals surface area contributed by atoms with Gasteiger partial charge in [0.25, 0.3) is 5.91 Å². The van der Waals surface area contributed by atoms with Gasteiger partial charge in [-0.15, -0.1) is 0 Å². The Morgan fingerprint density at radius 2 is 1.76 bits per heavy atom. The molecule has 0 bridgehead atoms. The monoisotopic (exact) mass is 383 g/mol. The molecule has 0 aliphatic heterocycles. The number of halogens is 1. The Morgan fingerprint density at radius 3 is 2.40 bits per heavy atom. The van der Waals surface area contributed by atoms with Crippen molar-refractivity contribution in [2.24, 2.45) is 0 Å². The molecule has 134 valence electrons. The van der Waals surface area contributed by atoms with Crippen LogP contribution in [0.25, 0.3) is 0 Å². The van der Waals surface area contributed by atoms with Gasteiger partial charge in [0.2, 0.25) is 0 Å². The normalized spacial score (nSPS) is 12.4. The number of hydrogen-bond donors (Lipinski definition) is 2. The molecule has 2 N–H and O–H groups in total. The molecule has 8 heteroatoms. The first kappa shape index (κ1) is 19.2. The molecule has 0 fully saturated rings. The van der Waals surface area contributed by atoms with Crippen LogP contribution in [0.2, 0.25) is 5.02 Å². The average Bonchev–Trinajstić information content (AvgIpc) is 2.56. The van der Waals surface area contributed by atoms with Gasteiger partial charge in [0.05, 0.1) is 13.6 Å². The molecule has 25 heavy (non-hydrogen) atoms. The molecule has 0 heterocycles. The summed E-state index contributed by atoms with van der Waals surface area (Å²) in [5, 5.41) is 3.33. The Bertz CT molecular complexity index is 795. The number of carbonyl (C=O) groups is 1. The number of nitrogens with one attached hydrogen (secondary N) is 2. The number of carbonyl (C=O) groups excluding carboxylic acids is 1. The van der Waals surface area contributed by atoms with Crippen LogP contribution in [0.5, 0.6) is 5.75 Å². The number of quaternary nitrogens is 1. The Morgan fingerprint density at radius 1 is 1.12 bits per heavy atom. The predicted octanol–water partition coefficient (Wildman–Crippen LogP) is 1.20. The minimum atomic E-state index is -3.70. The van der Waals surface area contributed by atoms with Crippen LogP contribution < -0.4 is 14.4 Å². The van der Waals surface area contributed by atoms with E-state index in [1.165, 1.54) is 0 Å². The average molecular weight is 384 g/mol. The van der Waals surface area contributed by atoms with E-state index in [1.807, 2.05) is 0 Å². The summed E-state index contributed by atoms with van der Waals surface area (Å²) < 4.78 is 28.9. The van der Waals surface area contributed by atoms with Crippen molar-refractivity contribution in [3.63, 3.8) is 0 Å². The summed E-state index contributed by atoms with van der Waals surface area (Å²) >= 11 is 5.79. The first-order valence-electron chi connectivity index (χ1n) is 7.68. The molecular weight excluding hydrogens is 364 g/mol. The van der Waals surface area contributed by atoms with E-state index in [-0.39, 0.29) is 30.5 Å². The minimum Gasteiger partial charge on any atom is -0.382 e. The van der Waals surface area contributed by atoms with Crippen molar-refractivity contribution in [3.05, 3.63) is 59.6 Å². The fourth-order valence-corrected chi connectivity index (χ4v) is 3.28. The lowest BCUT2D eigenvalue weighted by atomic mass is 10.3. The Hall–Kier alpha value is -2.09. The number of rotatable bonds is 8. The third kappa shape index (κ3) is 7.13. The summed E-state index contributed by atoms with van der Waals surface area (Å²) in [4.78, 5) is 12.7. The van der Waals surface area contributed by atoms with Crippen LogP contribution in [0, 0.1) is 0 Å². The van der Waals surface area contributed by atoms with E-state index in [0.29, 0.717) is 10.7 Å². The largest absolute Gasteiger partial charge is 0.382 e. The minimum absolute atomic E-state index is 0.142. The molecule has 2 aromatic carbocycles. The van der Waals surface area contributed by atoms with Gasteiger partial charge in [0, 0.05) is 10.7 Å². The Labute approximate surface area is 152 Å². The molecule has 0 aliphatic rings. The molecule has 0 aromatic heterocycles. The smallest absolute Gasteiger partial charge is 0.314 e. The summed E-state index contributed by atoms with van der Waals surface area (Å²) in [6.07, 6.45) is 0. The van der Waals surface area contributed by atoms with Crippen molar-refractivity contribution in [2.75, 3.05) is 31.2 Å². The van der Waals surface area contributed by atoms with Crippen LogP contribution in [-0.2, 0) is 14.9 Å². The van der Waals surface area contributed by atoms with E-state index in [0.717, 1.165) is 4.90 Å². The number of likely N-dealkylation sites (N-methyl/N-ethyl adjacent to an activating group) is 1. The highest BCUT2D eigenvalue weighted by molar-refractivity contribution is 7.87. The number of hydrogen-bond acceptors (Lipinski definition) is 4. The van der Waals surface area contributed by atoms with E-state index in [1.54, 1.807) is 61.6 Å². The van der Waals surface area contributed by atoms with Gasteiger partial charge in [-0.25, -0.2) is 0 Å². The lowest BCUT2D eigenvalue weighted by Gasteiger charge is -2.14. The fraction of sp³-hybridized carbons (Fsp3) is 0.235. The van der Waals surface area contributed by atoms with E-state index in [4.69, 9.17) is 15.8 Å². The van der Waals surface area contributed by atoms with Crippen molar-refractivity contribution >= 4 is 33.3 Å². The van der Waals surface area contributed by atoms with Crippen LogP contribution in [-0.4, -0.2) is 40.2 Å². The number of amides is 1. The van der Waals surface area contributed by atoms with Crippen molar-refractivity contribution in [1.29, 1.82) is 0 Å². The molecule has 0 radical (unpaired) electrons. The molecule has 0 saturated carbocycles. The van der Waals surface area contributed by atoms with E-state index in [9.17, 15) is 13.2 Å². The molecule has 6 nitrogen and oxygen atoms in total. The first-order chi connectivity index (χ1) is 11.8. The highest BCUT2D eigenvalue weighted by atomic mass is 35.5. The van der Waals surface area contributed by atoms with Crippen molar-refractivity contribution in [2.45, 2.75) is 0 Å². The topological polar surface area (TPSA) is 76.9 Å². The van der Waals surface area contributed by atoms with Gasteiger partial charge in [-0.1, -0.05) is 29.8 Å². The van der Waals surface area contributed by atoms with Gasteiger partial charge >= 0.3 is 10.1 Å². The fourth-order valence-electron chi connectivity index (χ4n) is 2.06. The SMILES string of the molecule is C[NH+](CCS(=O)(=O)Oc1ccccc1)CC(=O)Nc1ccc(Cl)cc1. The third-order valence-electron chi connectivity index (χ3n) is 3.34. The summed E-state index contributed by atoms with van der Waals surface area (Å²) in [6.45, 7) is 0.396. The van der Waals surface area contributed by atoms with E-state index >= 15 is 0 Å². The van der Waals surface area contributed by atoms with E-state index in [2.05, 4.69) is 5.32 Å². The molecule has 1 amide bonds. The van der Waals surface area contributed by atoms with Gasteiger partial charge in [-0.3, -0.25) is 4.79 Å². The molecule has 2 aromatic rings. The Kier molecular flexibility index (Phi) is 6.81. The van der Waals surface area contributed by atoms with Crippen LogP contribution in [0.4, 0.5) is 5.69 Å². The van der Waals surface area contributed by atoms with Gasteiger partial charge in [-0.2, -0.15) is 8.42 Å². The van der Waals surface area contributed by atoms with Gasteiger partial charge in [0.15, 0.2) is 6.54 Å². The number of anilines is 1. The molecule has 2 rings (SSSR count). The summed E-state index contributed by atoms with van der Waals surface area (Å²) in [5.74, 6) is -0.107. The lowest BCUT2D eigenvalue weighted by molar-refractivity contribution is -0.868. The zero-order valence-corrected chi connectivity index (χ0v) is 15.3. The van der Waals surface area contributed by atoms with Crippen molar-refractivity contribution in [3.8, 4) is 5.75 Å². The van der Waals surface area contributed by atoms with Crippen LogP contribution >= 0.6 is 11.6 Å². The molecular formula is C17H20ClN2O4S+.